The van der Waals surface area contributed by atoms with Crippen molar-refractivity contribution in [2.24, 2.45) is 5.92 Å². The maximum atomic E-state index is 9.74. The van der Waals surface area contributed by atoms with Crippen molar-refractivity contribution in [1.82, 2.24) is 0 Å². The van der Waals surface area contributed by atoms with Crippen molar-refractivity contribution >= 4 is 12.6 Å². The van der Waals surface area contributed by atoms with Gasteiger partial charge in [0.1, 0.15) is 0 Å². The van der Waals surface area contributed by atoms with Gasteiger partial charge in [-0.05, 0) is 35.6 Å². The second-order valence-electron chi connectivity index (χ2n) is 4.37. The minimum Gasteiger partial charge on any atom is -0.388 e. The number of hydrogen-bond donors (Lipinski definition) is 2. The van der Waals surface area contributed by atoms with Crippen LogP contribution in [0.5, 0.6) is 0 Å². The van der Waals surface area contributed by atoms with Gasteiger partial charge < -0.3 is 5.11 Å². The highest BCUT2D eigenvalue weighted by atomic mass is 32.1. The van der Waals surface area contributed by atoms with Crippen LogP contribution in [0.4, 0.5) is 0 Å². The lowest BCUT2D eigenvalue weighted by atomic mass is 10.00. The van der Waals surface area contributed by atoms with Crippen LogP contribution in [0, 0.1) is 5.92 Å². The standard InChI is InChI=1S/C13H20OS/c1-10(2)9-11-3-5-12(6-4-11)13(14)7-8-15/h3-6,10,13-15H,7-9H2,1-2H3. The summed E-state index contributed by atoms with van der Waals surface area (Å²) in [5.41, 5.74) is 2.34. The van der Waals surface area contributed by atoms with E-state index in [2.05, 4.69) is 38.6 Å². The van der Waals surface area contributed by atoms with Gasteiger partial charge in [-0.3, -0.25) is 0 Å². The van der Waals surface area contributed by atoms with Gasteiger partial charge in [-0.15, -0.1) is 0 Å². The summed E-state index contributed by atoms with van der Waals surface area (Å²) in [4.78, 5) is 0. The van der Waals surface area contributed by atoms with E-state index < -0.39 is 0 Å². The van der Waals surface area contributed by atoms with Crippen LogP contribution in [0.25, 0.3) is 0 Å². The van der Waals surface area contributed by atoms with Gasteiger partial charge in [0, 0.05) is 0 Å². The maximum absolute atomic E-state index is 9.74. The van der Waals surface area contributed by atoms with E-state index in [9.17, 15) is 5.11 Å². The summed E-state index contributed by atoms with van der Waals surface area (Å²) < 4.78 is 0. The Morgan fingerprint density at radius 1 is 1.20 bits per heavy atom. The largest absolute Gasteiger partial charge is 0.388 e. The third kappa shape index (κ3) is 4.27. The number of benzene rings is 1. The van der Waals surface area contributed by atoms with Gasteiger partial charge in [0.05, 0.1) is 6.10 Å². The molecule has 0 bridgehead atoms. The number of rotatable bonds is 5. The number of aliphatic hydroxyl groups excluding tert-OH is 1. The third-order valence-corrected chi connectivity index (χ3v) is 2.67. The number of aliphatic hydroxyl groups is 1. The van der Waals surface area contributed by atoms with Gasteiger partial charge in [0.2, 0.25) is 0 Å². The van der Waals surface area contributed by atoms with E-state index in [1.807, 2.05) is 12.1 Å². The molecule has 1 atom stereocenters. The van der Waals surface area contributed by atoms with Crippen LogP contribution in [0.3, 0.4) is 0 Å². The summed E-state index contributed by atoms with van der Waals surface area (Å²) in [6, 6.07) is 8.26. The van der Waals surface area contributed by atoms with Gasteiger partial charge in [-0.25, -0.2) is 0 Å². The van der Waals surface area contributed by atoms with Crippen LogP contribution in [-0.4, -0.2) is 10.9 Å². The average Bonchev–Trinajstić information content (AvgIpc) is 2.18. The average molecular weight is 224 g/mol. The second-order valence-corrected chi connectivity index (χ2v) is 4.81. The molecule has 0 amide bonds. The highest BCUT2D eigenvalue weighted by Crippen LogP contribution is 2.18. The zero-order chi connectivity index (χ0) is 11.3. The molecule has 1 unspecified atom stereocenters. The first-order chi connectivity index (χ1) is 7.13. The fourth-order valence-corrected chi connectivity index (χ4v) is 1.88. The predicted molar refractivity (Wildman–Crippen MR) is 68.4 cm³/mol. The topological polar surface area (TPSA) is 20.2 Å². The van der Waals surface area contributed by atoms with E-state index in [0.29, 0.717) is 12.3 Å². The van der Waals surface area contributed by atoms with Crippen molar-refractivity contribution < 1.29 is 5.11 Å². The molecule has 0 aliphatic rings. The van der Waals surface area contributed by atoms with Crippen molar-refractivity contribution in [2.45, 2.75) is 32.8 Å². The van der Waals surface area contributed by atoms with Crippen molar-refractivity contribution in [3.8, 4) is 0 Å². The Bertz CT molecular complexity index is 279. The maximum Gasteiger partial charge on any atom is 0.0797 e. The molecule has 2 heteroatoms. The molecule has 0 aliphatic carbocycles. The molecule has 0 radical (unpaired) electrons. The van der Waals surface area contributed by atoms with E-state index in [-0.39, 0.29) is 6.10 Å². The summed E-state index contributed by atoms with van der Waals surface area (Å²) in [6.07, 6.45) is 1.45. The lowest BCUT2D eigenvalue weighted by Gasteiger charge is -2.11. The Kier molecular flexibility index (Phi) is 5.20. The number of hydrogen-bond acceptors (Lipinski definition) is 2. The zero-order valence-electron chi connectivity index (χ0n) is 9.48. The molecule has 84 valence electrons. The number of thiol groups is 1. The summed E-state index contributed by atoms with van der Waals surface area (Å²) in [5, 5.41) is 9.74. The van der Waals surface area contributed by atoms with Gasteiger partial charge in [-0.2, -0.15) is 12.6 Å². The van der Waals surface area contributed by atoms with E-state index in [0.717, 1.165) is 17.7 Å². The smallest absolute Gasteiger partial charge is 0.0797 e. The molecule has 1 aromatic rings. The van der Waals surface area contributed by atoms with Gasteiger partial charge in [-0.1, -0.05) is 38.1 Å². The Hall–Kier alpha value is -0.470. The molecular weight excluding hydrogens is 204 g/mol. The first-order valence-corrected chi connectivity index (χ1v) is 6.14. The lowest BCUT2D eigenvalue weighted by molar-refractivity contribution is 0.175. The van der Waals surface area contributed by atoms with Crippen LogP contribution < -0.4 is 0 Å². The highest BCUT2D eigenvalue weighted by molar-refractivity contribution is 7.80. The van der Waals surface area contributed by atoms with Crippen LogP contribution in [0.2, 0.25) is 0 Å². The molecule has 0 aliphatic heterocycles. The molecule has 0 saturated heterocycles. The Morgan fingerprint density at radius 2 is 1.80 bits per heavy atom. The normalized spacial score (nSPS) is 13.1. The molecule has 0 fully saturated rings. The van der Waals surface area contributed by atoms with Crippen LogP contribution >= 0.6 is 12.6 Å². The van der Waals surface area contributed by atoms with E-state index in [4.69, 9.17) is 0 Å². The molecule has 1 aromatic carbocycles. The van der Waals surface area contributed by atoms with Gasteiger partial charge >= 0.3 is 0 Å². The van der Waals surface area contributed by atoms with Gasteiger partial charge in [0.25, 0.3) is 0 Å². The van der Waals surface area contributed by atoms with Crippen LogP contribution in [-0.2, 0) is 6.42 Å². The van der Waals surface area contributed by atoms with Crippen molar-refractivity contribution in [3.63, 3.8) is 0 Å². The fraction of sp³-hybridized carbons (Fsp3) is 0.538. The quantitative estimate of drug-likeness (QED) is 0.736. The Labute approximate surface area is 97.9 Å². The first kappa shape index (κ1) is 12.6. The lowest BCUT2D eigenvalue weighted by Crippen LogP contribution is -1.99. The van der Waals surface area contributed by atoms with E-state index in [1.54, 1.807) is 0 Å². The van der Waals surface area contributed by atoms with E-state index in [1.165, 1.54) is 5.56 Å². The van der Waals surface area contributed by atoms with Crippen molar-refractivity contribution in [2.75, 3.05) is 5.75 Å². The molecule has 1 N–H and O–H groups in total. The third-order valence-electron chi connectivity index (χ3n) is 2.41. The fourth-order valence-electron chi connectivity index (χ4n) is 1.64. The minimum absolute atomic E-state index is 0.365. The molecule has 1 rings (SSSR count). The van der Waals surface area contributed by atoms with Crippen molar-refractivity contribution in [1.29, 1.82) is 0 Å². The van der Waals surface area contributed by atoms with E-state index >= 15 is 0 Å². The summed E-state index contributed by atoms with van der Waals surface area (Å²) in [5.74, 6) is 1.40. The molecule has 0 heterocycles. The summed E-state index contributed by atoms with van der Waals surface area (Å²) in [6.45, 7) is 4.42. The summed E-state index contributed by atoms with van der Waals surface area (Å²) in [7, 11) is 0. The van der Waals surface area contributed by atoms with Gasteiger partial charge in [0.15, 0.2) is 0 Å². The Balaban J connectivity index is 2.63. The predicted octanol–water partition coefficient (Wildman–Crippen LogP) is 3.24. The molecule has 0 saturated carbocycles. The molecule has 1 nitrogen and oxygen atoms in total. The SMILES string of the molecule is CC(C)Cc1ccc(C(O)CCS)cc1. The van der Waals surface area contributed by atoms with Crippen LogP contribution in [0.15, 0.2) is 24.3 Å². The van der Waals surface area contributed by atoms with Crippen molar-refractivity contribution in [3.05, 3.63) is 35.4 Å². The molecule has 0 spiro atoms. The highest BCUT2D eigenvalue weighted by Gasteiger charge is 2.06. The van der Waals surface area contributed by atoms with Crippen LogP contribution in [0.1, 0.15) is 37.5 Å². The zero-order valence-corrected chi connectivity index (χ0v) is 10.4. The first-order valence-electron chi connectivity index (χ1n) is 5.51. The monoisotopic (exact) mass is 224 g/mol. The summed E-state index contributed by atoms with van der Waals surface area (Å²) >= 11 is 4.12. The molecular formula is C13H20OS. The molecule has 15 heavy (non-hydrogen) atoms. The Morgan fingerprint density at radius 3 is 2.27 bits per heavy atom. The minimum atomic E-state index is -0.365. The molecule has 0 aromatic heterocycles. The second kappa shape index (κ2) is 6.19.